The number of ether oxygens (including phenoxy) is 2. The van der Waals surface area contributed by atoms with Crippen molar-refractivity contribution in [1.82, 2.24) is 0 Å². The molecule has 0 aromatic heterocycles. The van der Waals surface area contributed by atoms with Crippen molar-refractivity contribution >= 4 is 5.97 Å². The van der Waals surface area contributed by atoms with Crippen LogP contribution >= 0.6 is 0 Å². The van der Waals surface area contributed by atoms with E-state index in [1.165, 1.54) is 0 Å². The third-order valence-electron chi connectivity index (χ3n) is 3.79. The van der Waals surface area contributed by atoms with Crippen LogP contribution in [0.2, 0.25) is 0 Å². The zero-order chi connectivity index (χ0) is 10.9. The van der Waals surface area contributed by atoms with Crippen molar-refractivity contribution in [2.24, 2.45) is 11.3 Å². The van der Waals surface area contributed by atoms with Crippen LogP contribution in [0.1, 0.15) is 39.5 Å². The monoisotopic (exact) mass is 212 g/mol. The van der Waals surface area contributed by atoms with E-state index in [1.807, 2.05) is 13.8 Å². The summed E-state index contributed by atoms with van der Waals surface area (Å²) < 4.78 is 10.4. The molecule has 1 aliphatic carbocycles. The van der Waals surface area contributed by atoms with Crippen LogP contribution in [0.15, 0.2) is 0 Å². The molecule has 2 rings (SSSR count). The van der Waals surface area contributed by atoms with E-state index in [0.717, 1.165) is 32.3 Å². The highest BCUT2D eigenvalue weighted by molar-refractivity contribution is 5.76. The Bertz CT molecular complexity index is 237. The second-order valence-corrected chi connectivity index (χ2v) is 4.99. The smallest absolute Gasteiger partial charge is 0.311 e. The zero-order valence-corrected chi connectivity index (χ0v) is 9.62. The third kappa shape index (κ3) is 2.33. The number of epoxide rings is 1. The van der Waals surface area contributed by atoms with E-state index in [9.17, 15) is 4.79 Å². The molecule has 2 fully saturated rings. The molecule has 1 saturated heterocycles. The van der Waals surface area contributed by atoms with Gasteiger partial charge in [-0.1, -0.05) is 0 Å². The molecular weight excluding hydrogens is 192 g/mol. The van der Waals surface area contributed by atoms with Gasteiger partial charge in [-0.2, -0.15) is 0 Å². The molecule has 0 aromatic carbocycles. The zero-order valence-electron chi connectivity index (χ0n) is 9.62. The van der Waals surface area contributed by atoms with Crippen LogP contribution in [0.3, 0.4) is 0 Å². The summed E-state index contributed by atoms with van der Waals surface area (Å²) in [6, 6.07) is 0. The standard InChI is InChI=1S/C12H20O3/c1-3-14-11(13)12(2)6-4-9(5-7-12)10-8-15-10/h9-10H,3-8H2,1-2H3. The minimum Gasteiger partial charge on any atom is -0.466 e. The number of esters is 1. The van der Waals surface area contributed by atoms with Gasteiger partial charge in [0.1, 0.15) is 0 Å². The van der Waals surface area contributed by atoms with Gasteiger partial charge in [0, 0.05) is 0 Å². The number of carbonyl (C=O) groups is 1. The average Bonchev–Trinajstić information content (AvgIpc) is 3.03. The minimum absolute atomic E-state index is 0.0137. The van der Waals surface area contributed by atoms with Crippen molar-refractivity contribution in [3.63, 3.8) is 0 Å². The predicted octanol–water partition coefficient (Wildman–Crippen LogP) is 2.14. The molecule has 1 unspecified atom stereocenters. The van der Waals surface area contributed by atoms with E-state index in [1.54, 1.807) is 0 Å². The molecule has 0 N–H and O–H groups in total. The van der Waals surface area contributed by atoms with Gasteiger partial charge in [0.25, 0.3) is 0 Å². The molecule has 0 bridgehead atoms. The lowest BCUT2D eigenvalue weighted by Gasteiger charge is -2.34. The van der Waals surface area contributed by atoms with Gasteiger partial charge in [0.15, 0.2) is 0 Å². The average molecular weight is 212 g/mol. The van der Waals surface area contributed by atoms with E-state index in [4.69, 9.17) is 9.47 Å². The maximum Gasteiger partial charge on any atom is 0.311 e. The van der Waals surface area contributed by atoms with Gasteiger partial charge in [-0.25, -0.2) is 0 Å². The maximum atomic E-state index is 11.8. The number of hydrogen-bond donors (Lipinski definition) is 0. The fraction of sp³-hybridized carbons (Fsp3) is 0.917. The third-order valence-corrected chi connectivity index (χ3v) is 3.79. The van der Waals surface area contributed by atoms with E-state index in [-0.39, 0.29) is 11.4 Å². The van der Waals surface area contributed by atoms with Crippen LogP contribution in [-0.2, 0) is 14.3 Å². The largest absolute Gasteiger partial charge is 0.466 e. The summed E-state index contributed by atoms with van der Waals surface area (Å²) in [6.45, 7) is 5.32. The topological polar surface area (TPSA) is 38.8 Å². The molecular formula is C12H20O3. The molecule has 0 radical (unpaired) electrons. The molecule has 0 spiro atoms. The van der Waals surface area contributed by atoms with Crippen molar-refractivity contribution in [3.05, 3.63) is 0 Å². The number of hydrogen-bond acceptors (Lipinski definition) is 3. The van der Waals surface area contributed by atoms with Crippen molar-refractivity contribution in [2.45, 2.75) is 45.6 Å². The lowest BCUT2D eigenvalue weighted by atomic mass is 9.71. The number of rotatable bonds is 3. The van der Waals surface area contributed by atoms with Crippen molar-refractivity contribution in [2.75, 3.05) is 13.2 Å². The highest BCUT2D eigenvalue weighted by atomic mass is 16.6. The molecule has 1 atom stereocenters. The van der Waals surface area contributed by atoms with Gasteiger partial charge >= 0.3 is 5.97 Å². The Kier molecular flexibility index (Phi) is 3.01. The fourth-order valence-corrected chi connectivity index (χ4v) is 2.49. The van der Waals surface area contributed by atoms with Crippen LogP contribution in [-0.4, -0.2) is 25.3 Å². The first-order valence-corrected chi connectivity index (χ1v) is 5.94. The molecule has 0 amide bonds. The molecule has 1 heterocycles. The Morgan fingerprint density at radius 3 is 2.53 bits per heavy atom. The van der Waals surface area contributed by atoms with Crippen LogP contribution in [0, 0.1) is 11.3 Å². The van der Waals surface area contributed by atoms with E-state index >= 15 is 0 Å². The summed E-state index contributed by atoms with van der Waals surface area (Å²) in [7, 11) is 0. The number of carbonyl (C=O) groups excluding carboxylic acids is 1. The highest BCUT2D eigenvalue weighted by Gasteiger charge is 2.43. The highest BCUT2D eigenvalue weighted by Crippen LogP contribution is 2.43. The quantitative estimate of drug-likeness (QED) is 0.531. The van der Waals surface area contributed by atoms with E-state index < -0.39 is 0 Å². The predicted molar refractivity (Wildman–Crippen MR) is 56.4 cm³/mol. The lowest BCUT2D eigenvalue weighted by molar-refractivity contribution is -0.157. The van der Waals surface area contributed by atoms with Crippen LogP contribution in [0.4, 0.5) is 0 Å². The molecule has 1 saturated carbocycles. The second kappa shape index (κ2) is 4.12. The summed E-state index contributed by atoms with van der Waals surface area (Å²) >= 11 is 0. The van der Waals surface area contributed by atoms with Gasteiger partial charge in [-0.05, 0) is 45.4 Å². The Balaban J connectivity index is 1.86. The van der Waals surface area contributed by atoms with Crippen molar-refractivity contribution in [1.29, 1.82) is 0 Å². The van der Waals surface area contributed by atoms with E-state index in [2.05, 4.69) is 0 Å². The van der Waals surface area contributed by atoms with Crippen molar-refractivity contribution < 1.29 is 14.3 Å². The first kappa shape index (κ1) is 10.9. The Labute approximate surface area is 91.1 Å². The summed E-state index contributed by atoms with van der Waals surface area (Å²) in [5.41, 5.74) is -0.235. The maximum absolute atomic E-state index is 11.8. The second-order valence-electron chi connectivity index (χ2n) is 4.99. The van der Waals surface area contributed by atoms with Crippen molar-refractivity contribution in [3.8, 4) is 0 Å². The van der Waals surface area contributed by atoms with E-state index in [0.29, 0.717) is 18.6 Å². The Morgan fingerprint density at radius 2 is 2.07 bits per heavy atom. The van der Waals surface area contributed by atoms with Crippen LogP contribution in [0.25, 0.3) is 0 Å². The normalized spacial score (nSPS) is 39.9. The Morgan fingerprint density at radius 1 is 1.47 bits per heavy atom. The van der Waals surface area contributed by atoms with Crippen LogP contribution in [0.5, 0.6) is 0 Å². The molecule has 3 nitrogen and oxygen atoms in total. The van der Waals surface area contributed by atoms with Crippen LogP contribution < -0.4 is 0 Å². The fourth-order valence-electron chi connectivity index (χ4n) is 2.49. The molecule has 86 valence electrons. The van der Waals surface area contributed by atoms with Gasteiger partial charge in [-0.3, -0.25) is 4.79 Å². The van der Waals surface area contributed by atoms with Gasteiger partial charge in [-0.15, -0.1) is 0 Å². The first-order valence-electron chi connectivity index (χ1n) is 5.94. The molecule has 0 aromatic rings. The van der Waals surface area contributed by atoms with Gasteiger partial charge in [0.2, 0.25) is 0 Å². The van der Waals surface area contributed by atoms with Gasteiger partial charge in [0.05, 0.1) is 24.7 Å². The summed E-state index contributed by atoms with van der Waals surface area (Å²) in [5, 5.41) is 0. The molecule has 1 aliphatic heterocycles. The van der Waals surface area contributed by atoms with Gasteiger partial charge < -0.3 is 9.47 Å². The lowest BCUT2D eigenvalue weighted by Crippen LogP contribution is -2.35. The molecule has 15 heavy (non-hydrogen) atoms. The summed E-state index contributed by atoms with van der Waals surface area (Å²) in [5.74, 6) is 0.674. The Hall–Kier alpha value is -0.570. The molecule has 2 aliphatic rings. The SMILES string of the molecule is CCOC(=O)C1(C)CCC(C2CO2)CC1. The summed E-state index contributed by atoms with van der Waals surface area (Å²) in [6.07, 6.45) is 4.63. The summed E-state index contributed by atoms with van der Waals surface area (Å²) in [4.78, 5) is 11.8. The first-order chi connectivity index (χ1) is 7.15. The minimum atomic E-state index is -0.235. The molecule has 3 heteroatoms.